The molecule has 1 aliphatic rings. The SMILES string of the molecule is N#Cc1ccc(CNCCCC(=O)NC2CC2)c(Cl)c1. The third kappa shape index (κ3) is 4.84. The van der Waals surface area contributed by atoms with Gasteiger partial charge >= 0.3 is 0 Å². The van der Waals surface area contributed by atoms with Gasteiger partial charge in [-0.05, 0) is 43.5 Å². The fraction of sp³-hybridized carbons (Fsp3) is 0.467. The van der Waals surface area contributed by atoms with Crippen molar-refractivity contribution < 1.29 is 4.79 Å². The molecule has 1 saturated carbocycles. The lowest BCUT2D eigenvalue weighted by Crippen LogP contribution is -2.26. The molecule has 0 bridgehead atoms. The molecule has 106 valence electrons. The van der Waals surface area contributed by atoms with Gasteiger partial charge in [0.1, 0.15) is 0 Å². The van der Waals surface area contributed by atoms with Crippen LogP contribution >= 0.6 is 11.6 Å². The number of amides is 1. The second-order valence-electron chi connectivity index (χ2n) is 5.04. The average Bonchev–Trinajstić information content (AvgIpc) is 3.23. The van der Waals surface area contributed by atoms with Gasteiger partial charge in [-0.1, -0.05) is 17.7 Å². The third-order valence-corrected chi connectivity index (χ3v) is 3.55. The molecular formula is C15H18ClN3O. The fourth-order valence-corrected chi connectivity index (χ4v) is 2.13. The number of hydrogen-bond acceptors (Lipinski definition) is 3. The summed E-state index contributed by atoms with van der Waals surface area (Å²) in [6, 6.07) is 7.77. The van der Waals surface area contributed by atoms with Crippen LogP contribution in [0.25, 0.3) is 0 Å². The summed E-state index contributed by atoms with van der Waals surface area (Å²) in [5.41, 5.74) is 1.53. The van der Waals surface area contributed by atoms with Crippen molar-refractivity contribution in [2.75, 3.05) is 6.54 Å². The number of rotatable bonds is 7. The highest BCUT2D eigenvalue weighted by Crippen LogP contribution is 2.19. The molecule has 0 atom stereocenters. The van der Waals surface area contributed by atoms with Crippen molar-refractivity contribution in [2.24, 2.45) is 0 Å². The molecular weight excluding hydrogens is 274 g/mol. The molecule has 1 amide bonds. The predicted molar refractivity (Wildman–Crippen MR) is 78.3 cm³/mol. The molecule has 0 saturated heterocycles. The smallest absolute Gasteiger partial charge is 0.220 e. The van der Waals surface area contributed by atoms with Crippen LogP contribution in [0.15, 0.2) is 18.2 Å². The van der Waals surface area contributed by atoms with Gasteiger partial charge in [-0.2, -0.15) is 5.26 Å². The van der Waals surface area contributed by atoms with E-state index in [1.54, 1.807) is 12.1 Å². The van der Waals surface area contributed by atoms with Crippen LogP contribution in [-0.2, 0) is 11.3 Å². The van der Waals surface area contributed by atoms with E-state index in [4.69, 9.17) is 16.9 Å². The largest absolute Gasteiger partial charge is 0.353 e. The Balaban J connectivity index is 1.63. The molecule has 0 radical (unpaired) electrons. The van der Waals surface area contributed by atoms with Crippen molar-refractivity contribution in [3.63, 3.8) is 0 Å². The van der Waals surface area contributed by atoms with E-state index in [1.807, 2.05) is 6.07 Å². The second-order valence-corrected chi connectivity index (χ2v) is 5.45. The normalized spacial score (nSPS) is 13.8. The Morgan fingerprint density at radius 3 is 2.90 bits per heavy atom. The van der Waals surface area contributed by atoms with Gasteiger partial charge in [0.05, 0.1) is 11.6 Å². The first kappa shape index (κ1) is 14.8. The van der Waals surface area contributed by atoms with E-state index in [0.717, 1.165) is 31.4 Å². The van der Waals surface area contributed by atoms with Gasteiger partial charge in [0, 0.05) is 24.0 Å². The molecule has 5 heteroatoms. The summed E-state index contributed by atoms with van der Waals surface area (Å²) in [5.74, 6) is 0.144. The molecule has 1 aromatic carbocycles. The second kappa shape index (κ2) is 7.28. The van der Waals surface area contributed by atoms with Gasteiger partial charge in [-0.3, -0.25) is 4.79 Å². The van der Waals surface area contributed by atoms with E-state index in [2.05, 4.69) is 16.7 Å². The van der Waals surface area contributed by atoms with E-state index in [1.165, 1.54) is 0 Å². The highest BCUT2D eigenvalue weighted by atomic mass is 35.5. The summed E-state index contributed by atoms with van der Waals surface area (Å²) < 4.78 is 0. The van der Waals surface area contributed by atoms with Crippen molar-refractivity contribution in [1.82, 2.24) is 10.6 Å². The number of carbonyl (C=O) groups is 1. The topological polar surface area (TPSA) is 64.9 Å². The number of carbonyl (C=O) groups excluding carboxylic acids is 1. The minimum absolute atomic E-state index is 0.144. The van der Waals surface area contributed by atoms with E-state index in [-0.39, 0.29) is 5.91 Å². The minimum Gasteiger partial charge on any atom is -0.353 e. The summed E-state index contributed by atoms with van der Waals surface area (Å²) in [5, 5.41) is 15.6. The maximum Gasteiger partial charge on any atom is 0.220 e. The summed E-state index contributed by atoms with van der Waals surface area (Å²) in [7, 11) is 0. The highest BCUT2D eigenvalue weighted by molar-refractivity contribution is 6.31. The Morgan fingerprint density at radius 2 is 2.25 bits per heavy atom. The van der Waals surface area contributed by atoms with Crippen LogP contribution in [0.5, 0.6) is 0 Å². The van der Waals surface area contributed by atoms with Crippen LogP contribution in [0.2, 0.25) is 5.02 Å². The van der Waals surface area contributed by atoms with Crippen LogP contribution in [0.4, 0.5) is 0 Å². The number of nitrogens with one attached hydrogen (secondary N) is 2. The Labute approximate surface area is 124 Å². The molecule has 1 fully saturated rings. The van der Waals surface area contributed by atoms with Crippen molar-refractivity contribution in [3.8, 4) is 6.07 Å². The summed E-state index contributed by atoms with van der Waals surface area (Å²) in [6.45, 7) is 1.42. The quantitative estimate of drug-likeness (QED) is 0.758. The summed E-state index contributed by atoms with van der Waals surface area (Å²) in [4.78, 5) is 11.5. The van der Waals surface area contributed by atoms with Crippen molar-refractivity contribution in [2.45, 2.75) is 38.3 Å². The van der Waals surface area contributed by atoms with Gasteiger partial charge in [0.15, 0.2) is 0 Å². The van der Waals surface area contributed by atoms with Crippen molar-refractivity contribution in [3.05, 3.63) is 34.3 Å². The van der Waals surface area contributed by atoms with Crippen LogP contribution < -0.4 is 10.6 Å². The van der Waals surface area contributed by atoms with Crippen LogP contribution in [-0.4, -0.2) is 18.5 Å². The Morgan fingerprint density at radius 1 is 1.45 bits per heavy atom. The zero-order chi connectivity index (χ0) is 14.4. The van der Waals surface area contributed by atoms with Gasteiger partial charge in [-0.15, -0.1) is 0 Å². The minimum atomic E-state index is 0.144. The zero-order valence-corrected chi connectivity index (χ0v) is 12.0. The predicted octanol–water partition coefficient (Wildman–Crippen LogP) is 2.36. The lowest BCUT2D eigenvalue weighted by atomic mass is 10.1. The molecule has 0 aromatic heterocycles. The molecule has 2 rings (SSSR count). The third-order valence-electron chi connectivity index (χ3n) is 3.20. The van der Waals surface area contributed by atoms with E-state index < -0.39 is 0 Å². The van der Waals surface area contributed by atoms with E-state index in [9.17, 15) is 4.79 Å². The number of nitrogens with zero attached hydrogens (tertiary/aromatic N) is 1. The first-order chi connectivity index (χ1) is 9.69. The van der Waals surface area contributed by atoms with Gasteiger partial charge in [0.2, 0.25) is 5.91 Å². The zero-order valence-electron chi connectivity index (χ0n) is 11.3. The summed E-state index contributed by atoms with van der Waals surface area (Å²) in [6.07, 6.45) is 3.62. The van der Waals surface area contributed by atoms with Crippen LogP contribution in [0.3, 0.4) is 0 Å². The molecule has 1 aliphatic carbocycles. The maximum atomic E-state index is 11.5. The van der Waals surface area contributed by atoms with E-state index >= 15 is 0 Å². The first-order valence-electron chi connectivity index (χ1n) is 6.87. The first-order valence-corrected chi connectivity index (χ1v) is 7.25. The Hall–Kier alpha value is -1.57. The number of hydrogen-bond donors (Lipinski definition) is 2. The van der Waals surface area contributed by atoms with E-state index in [0.29, 0.717) is 29.6 Å². The monoisotopic (exact) mass is 291 g/mol. The lowest BCUT2D eigenvalue weighted by molar-refractivity contribution is -0.121. The highest BCUT2D eigenvalue weighted by Gasteiger charge is 2.22. The van der Waals surface area contributed by atoms with Crippen molar-refractivity contribution >= 4 is 17.5 Å². The van der Waals surface area contributed by atoms with Gasteiger partial charge in [-0.25, -0.2) is 0 Å². The molecule has 2 N–H and O–H groups in total. The number of halogens is 1. The maximum absolute atomic E-state index is 11.5. The van der Waals surface area contributed by atoms with Gasteiger partial charge in [0.25, 0.3) is 0 Å². The Kier molecular flexibility index (Phi) is 5.40. The molecule has 0 heterocycles. The lowest BCUT2D eigenvalue weighted by Gasteiger charge is -2.07. The standard InChI is InChI=1S/C15H18ClN3O/c16-14-8-11(9-17)3-4-12(14)10-18-7-1-2-15(20)19-13-5-6-13/h3-4,8,13,18H,1-2,5-7,10H2,(H,19,20). The number of nitriles is 1. The van der Waals surface area contributed by atoms with Crippen LogP contribution in [0, 0.1) is 11.3 Å². The number of benzene rings is 1. The molecule has 1 aromatic rings. The molecule has 0 aliphatic heterocycles. The molecule has 0 spiro atoms. The summed E-state index contributed by atoms with van der Waals surface area (Å²) >= 11 is 6.08. The van der Waals surface area contributed by atoms with Crippen molar-refractivity contribution in [1.29, 1.82) is 5.26 Å². The van der Waals surface area contributed by atoms with Crippen LogP contribution in [0.1, 0.15) is 36.8 Å². The molecule has 20 heavy (non-hydrogen) atoms. The Bertz CT molecular complexity index is 520. The molecule has 0 unspecified atom stereocenters. The fourth-order valence-electron chi connectivity index (χ4n) is 1.88. The average molecular weight is 292 g/mol. The van der Waals surface area contributed by atoms with Gasteiger partial charge < -0.3 is 10.6 Å². The molecule has 4 nitrogen and oxygen atoms in total.